The van der Waals surface area contributed by atoms with Crippen LogP contribution in [0.5, 0.6) is 0 Å². The zero-order valence-electron chi connectivity index (χ0n) is 12.6. The van der Waals surface area contributed by atoms with Gasteiger partial charge in [0.05, 0.1) is 4.90 Å². The fourth-order valence-corrected chi connectivity index (χ4v) is 4.59. The van der Waals surface area contributed by atoms with E-state index < -0.39 is 10.0 Å². The van der Waals surface area contributed by atoms with Crippen LogP contribution < -0.4 is 5.32 Å². The summed E-state index contributed by atoms with van der Waals surface area (Å²) in [5.74, 6) is 0. The summed E-state index contributed by atoms with van der Waals surface area (Å²) in [6.07, 6.45) is 4.52. The van der Waals surface area contributed by atoms with Gasteiger partial charge in [-0.05, 0) is 45.7 Å². The quantitative estimate of drug-likeness (QED) is 0.790. The summed E-state index contributed by atoms with van der Waals surface area (Å²) in [6, 6.07) is 1.74. The second-order valence-electron chi connectivity index (χ2n) is 6.03. The number of aromatic nitrogens is 1. The first-order valence-corrected chi connectivity index (χ1v) is 8.73. The lowest BCUT2D eigenvalue weighted by Gasteiger charge is -2.30. The van der Waals surface area contributed by atoms with E-state index in [4.69, 9.17) is 0 Å². The van der Waals surface area contributed by atoms with Gasteiger partial charge in [-0.3, -0.25) is 0 Å². The average Bonchev–Trinajstić information content (AvgIpc) is 2.96. The van der Waals surface area contributed by atoms with E-state index in [2.05, 4.69) is 17.2 Å². The zero-order valence-corrected chi connectivity index (χ0v) is 13.4. The standard InChI is InChI=1S/C14H25N3O2S/c1-4-7-15-10-12-9-13(11-16-12)20(18,19)17-8-5-6-14(17,2)3/h9,11,15-16H,4-8,10H2,1-3H3. The Hall–Kier alpha value is -0.850. The van der Waals surface area contributed by atoms with Crippen molar-refractivity contribution in [2.75, 3.05) is 13.1 Å². The number of H-pyrrole nitrogens is 1. The van der Waals surface area contributed by atoms with Crippen LogP contribution in [0.15, 0.2) is 17.2 Å². The number of sulfonamides is 1. The van der Waals surface area contributed by atoms with Gasteiger partial charge in [0.1, 0.15) is 0 Å². The highest BCUT2D eigenvalue weighted by molar-refractivity contribution is 7.89. The van der Waals surface area contributed by atoms with Gasteiger partial charge in [-0.2, -0.15) is 4.31 Å². The van der Waals surface area contributed by atoms with E-state index >= 15 is 0 Å². The first-order chi connectivity index (χ1) is 9.38. The fraction of sp³-hybridized carbons (Fsp3) is 0.714. The highest BCUT2D eigenvalue weighted by atomic mass is 32.2. The van der Waals surface area contributed by atoms with Crippen molar-refractivity contribution in [3.63, 3.8) is 0 Å². The molecule has 0 saturated carbocycles. The van der Waals surface area contributed by atoms with Crippen LogP contribution in [-0.2, 0) is 16.6 Å². The lowest BCUT2D eigenvalue weighted by molar-refractivity contribution is 0.292. The van der Waals surface area contributed by atoms with Crippen LogP contribution in [-0.4, -0.2) is 36.3 Å². The lowest BCUT2D eigenvalue weighted by Crippen LogP contribution is -2.42. The molecule has 1 aromatic rings. The van der Waals surface area contributed by atoms with E-state index in [1.54, 1.807) is 16.6 Å². The molecule has 0 amide bonds. The van der Waals surface area contributed by atoms with Crippen molar-refractivity contribution >= 4 is 10.0 Å². The Morgan fingerprint density at radius 2 is 2.20 bits per heavy atom. The summed E-state index contributed by atoms with van der Waals surface area (Å²) in [5, 5.41) is 3.26. The second-order valence-corrected chi connectivity index (χ2v) is 7.89. The molecular weight excluding hydrogens is 274 g/mol. The van der Waals surface area contributed by atoms with Crippen LogP contribution >= 0.6 is 0 Å². The molecule has 0 atom stereocenters. The predicted octanol–water partition coefficient (Wildman–Crippen LogP) is 2.08. The molecule has 1 fully saturated rings. The molecule has 2 N–H and O–H groups in total. The molecule has 0 aromatic carbocycles. The minimum Gasteiger partial charge on any atom is -0.363 e. The Morgan fingerprint density at radius 3 is 2.80 bits per heavy atom. The largest absolute Gasteiger partial charge is 0.363 e. The highest BCUT2D eigenvalue weighted by Crippen LogP contribution is 2.33. The molecule has 1 aliphatic heterocycles. The fourth-order valence-electron chi connectivity index (χ4n) is 2.73. The predicted molar refractivity (Wildman–Crippen MR) is 80.0 cm³/mol. The first kappa shape index (κ1) is 15.5. The maximum absolute atomic E-state index is 12.7. The van der Waals surface area contributed by atoms with E-state index in [0.717, 1.165) is 31.5 Å². The SMILES string of the molecule is CCCNCc1cc(S(=O)(=O)N2CCCC2(C)C)c[nH]1. The Labute approximate surface area is 121 Å². The molecule has 0 unspecified atom stereocenters. The first-order valence-electron chi connectivity index (χ1n) is 7.29. The van der Waals surface area contributed by atoms with Crippen molar-refractivity contribution in [3.05, 3.63) is 18.0 Å². The summed E-state index contributed by atoms with van der Waals surface area (Å²) in [7, 11) is -3.38. The summed E-state index contributed by atoms with van der Waals surface area (Å²) in [4.78, 5) is 3.43. The van der Waals surface area contributed by atoms with Gasteiger partial charge in [0.15, 0.2) is 0 Å². The van der Waals surface area contributed by atoms with Crippen molar-refractivity contribution in [1.29, 1.82) is 0 Å². The third-order valence-corrected chi connectivity index (χ3v) is 5.96. The van der Waals surface area contributed by atoms with Crippen LogP contribution in [0.25, 0.3) is 0 Å². The summed E-state index contributed by atoms with van der Waals surface area (Å²) in [5.41, 5.74) is 0.630. The van der Waals surface area contributed by atoms with Gasteiger partial charge in [0.2, 0.25) is 10.0 Å². The Kier molecular flexibility index (Phi) is 4.56. The van der Waals surface area contributed by atoms with E-state index in [9.17, 15) is 8.42 Å². The molecule has 114 valence electrons. The topological polar surface area (TPSA) is 65.2 Å². The molecular formula is C14H25N3O2S. The van der Waals surface area contributed by atoms with Gasteiger partial charge in [-0.25, -0.2) is 8.42 Å². The summed E-state index contributed by atoms with van der Waals surface area (Å²) >= 11 is 0. The summed E-state index contributed by atoms with van der Waals surface area (Å²) < 4.78 is 27.0. The van der Waals surface area contributed by atoms with Crippen LogP contribution in [0.1, 0.15) is 45.7 Å². The van der Waals surface area contributed by atoms with E-state index in [0.29, 0.717) is 18.0 Å². The van der Waals surface area contributed by atoms with Gasteiger partial charge >= 0.3 is 0 Å². The number of nitrogens with one attached hydrogen (secondary N) is 2. The molecule has 0 aliphatic carbocycles. The molecule has 0 radical (unpaired) electrons. The van der Waals surface area contributed by atoms with Gasteiger partial charge < -0.3 is 10.3 Å². The van der Waals surface area contributed by atoms with Crippen LogP contribution in [0.4, 0.5) is 0 Å². The summed E-state index contributed by atoms with van der Waals surface area (Å²) in [6.45, 7) is 8.31. The maximum Gasteiger partial charge on any atom is 0.245 e. The number of nitrogens with zero attached hydrogens (tertiary/aromatic N) is 1. The molecule has 2 rings (SSSR count). The number of hydrogen-bond donors (Lipinski definition) is 2. The molecule has 0 spiro atoms. The maximum atomic E-state index is 12.7. The third-order valence-electron chi connectivity index (χ3n) is 3.87. The molecule has 0 bridgehead atoms. The minimum atomic E-state index is -3.38. The van der Waals surface area contributed by atoms with Crippen LogP contribution in [0.3, 0.4) is 0 Å². The van der Waals surface area contributed by atoms with Crippen molar-refractivity contribution in [2.45, 2.75) is 57.0 Å². The Bertz CT molecular complexity index is 549. The van der Waals surface area contributed by atoms with E-state index in [-0.39, 0.29) is 5.54 Å². The zero-order chi connectivity index (χ0) is 14.8. The van der Waals surface area contributed by atoms with Crippen LogP contribution in [0.2, 0.25) is 0 Å². The Balaban J connectivity index is 2.14. The van der Waals surface area contributed by atoms with Gasteiger partial charge in [-0.1, -0.05) is 6.92 Å². The van der Waals surface area contributed by atoms with E-state index in [1.807, 2.05) is 13.8 Å². The van der Waals surface area contributed by atoms with Gasteiger partial charge in [0.25, 0.3) is 0 Å². The Morgan fingerprint density at radius 1 is 1.45 bits per heavy atom. The molecule has 6 heteroatoms. The van der Waals surface area contributed by atoms with Gasteiger partial charge in [0, 0.05) is 30.5 Å². The number of hydrogen-bond acceptors (Lipinski definition) is 3. The molecule has 1 saturated heterocycles. The highest BCUT2D eigenvalue weighted by Gasteiger charge is 2.41. The normalized spacial score (nSPS) is 19.6. The van der Waals surface area contributed by atoms with Crippen molar-refractivity contribution in [1.82, 2.24) is 14.6 Å². The third kappa shape index (κ3) is 3.07. The molecule has 2 heterocycles. The number of aromatic amines is 1. The molecule has 20 heavy (non-hydrogen) atoms. The lowest BCUT2D eigenvalue weighted by atomic mass is 10.0. The van der Waals surface area contributed by atoms with E-state index in [1.165, 1.54) is 0 Å². The molecule has 1 aliphatic rings. The minimum absolute atomic E-state index is 0.281. The van der Waals surface area contributed by atoms with Crippen molar-refractivity contribution in [3.8, 4) is 0 Å². The monoisotopic (exact) mass is 299 g/mol. The average molecular weight is 299 g/mol. The molecule has 5 nitrogen and oxygen atoms in total. The smallest absolute Gasteiger partial charge is 0.245 e. The van der Waals surface area contributed by atoms with Gasteiger partial charge in [-0.15, -0.1) is 0 Å². The molecule has 1 aromatic heterocycles. The van der Waals surface area contributed by atoms with Crippen LogP contribution in [0, 0.1) is 0 Å². The van der Waals surface area contributed by atoms with Crippen molar-refractivity contribution in [2.24, 2.45) is 0 Å². The second kappa shape index (κ2) is 5.87. The van der Waals surface area contributed by atoms with Crippen molar-refractivity contribution < 1.29 is 8.42 Å². The number of rotatable bonds is 6.